The van der Waals surface area contributed by atoms with E-state index in [1.54, 1.807) is 6.08 Å². The van der Waals surface area contributed by atoms with Gasteiger partial charge < -0.3 is 20.3 Å². The van der Waals surface area contributed by atoms with Crippen molar-refractivity contribution in [3.8, 4) is 0 Å². The van der Waals surface area contributed by atoms with Crippen LogP contribution < -0.4 is 5.32 Å². The molecular weight excluding hydrogens is 1040 g/mol. The summed E-state index contributed by atoms with van der Waals surface area (Å²) in [5.74, 6) is -0.0497. The van der Waals surface area contributed by atoms with Crippen molar-refractivity contribution in [3.63, 3.8) is 0 Å². The van der Waals surface area contributed by atoms with Crippen molar-refractivity contribution in [2.24, 2.45) is 0 Å². The second-order valence-corrected chi connectivity index (χ2v) is 26.7. The smallest absolute Gasteiger partial charge is 0.305 e. The Morgan fingerprint density at radius 3 is 0.835 bits per heavy atom. The Balaban J connectivity index is 3.37. The SMILES string of the molecule is CCCCCCCC/C=C\CCCCCCCC(=O)OCCCCCCCCCCCCCC/C=C\CCCCCCCCCCCCCCCCCCCC(=O)NC(CO)C(O)/C=C/CCCCCCCCCCCCCCCCCCCC. The summed E-state index contributed by atoms with van der Waals surface area (Å²) >= 11 is 0. The van der Waals surface area contributed by atoms with Crippen molar-refractivity contribution in [2.75, 3.05) is 13.2 Å². The first-order valence-corrected chi connectivity index (χ1v) is 38.8. The first kappa shape index (κ1) is 83.1. The summed E-state index contributed by atoms with van der Waals surface area (Å²) < 4.78 is 5.49. The molecule has 6 nitrogen and oxygen atoms in total. The lowest BCUT2D eigenvalue weighted by Crippen LogP contribution is -2.45. The lowest BCUT2D eigenvalue weighted by Gasteiger charge is -2.20. The van der Waals surface area contributed by atoms with E-state index >= 15 is 0 Å². The molecule has 0 aromatic rings. The predicted octanol–water partition coefficient (Wildman–Crippen LogP) is 25.4. The van der Waals surface area contributed by atoms with Crippen LogP contribution in [0.3, 0.4) is 0 Å². The third-order valence-electron chi connectivity index (χ3n) is 18.1. The fourth-order valence-electron chi connectivity index (χ4n) is 12.2. The third kappa shape index (κ3) is 71.0. The van der Waals surface area contributed by atoms with Gasteiger partial charge in [0.05, 0.1) is 25.4 Å². The summed E-state index contributed by atoms with van der Waals surface area (Å²) in [7, 11) is 0. The van der Waals surface area contributed by atoms with Gasteiger partial charge in [-0.1, -0.05) is 371 Å². The minimum Gasteiger partial charge on any atom is -0.466 e. The molecule has 1 amide bonds. The highest BCUT2D eigenvalue weighted by molar-refractivity contribution is 5.76. The second-order valence-electron chi connectivity index (χ2n) is 26.7. The summed E-state index contributed by atoms with van der Waals surface area (Å²) in [6, 6.07) is -0.627. The number of nitrogens with one attached hydrogen (secondary N) is 1. The van der Waals surface area contributed by atoms with E-state index in [2.05, 4.69) is 43.5 Å². The van der Waals surface area contributed by atoms with Crippen LogP contribution in [0.25, 0.3) is 0 Å². The Morgan fingerprint density at radius 2 is 0.553 bits per heavy atom. The minimum absolute atomic E-state index is 0.0111. The lowest BCUT2D eigenvalue weighted by molar-refractivity contribution is -0.143. The van der Waals surface area contributed by atoms with E-state index < -0.39 is 12.1 Å². The van der Waals surface area contributed by atoms with Crippen molar-refractivity contribution in [3.05, 3.63) is 36.5 Å². The first-order valence-electron chi connectivity index (χ1n) is 38.8. The number of rotatable bonds is 73. The number of esters is 1. The highest BCUT2D eigenvalue weighted by Gasteiger charge is 2.18. The normalized spacial score (nSPS) is 12.7. The largest absolute Gasteiger partial charge is 0.466 e. The number of ether oxygens (including phenoxy) is 1. The maximum Gasteiger partial charge on any atom is 0.305 e. The van der Waals surface area contributed by atoms with Gasteiger partial charge >= 0.3 is 5.97 Å². The summed E-state index contributed by atoms with van der Waals surface area (Å²) in [5, 5.41) is 23.3. The number of carbonyl (C=O) groups is 2. The van der Waals surface area contributed by atoms with Gasteiger partial charge in [-0.2, -0.15) is 0 Å². The zero-order valence-electron chi connectivity index (χ0n) is 57.6. The molecule has 502 valence electrons. The number of hydrogen-bond acceptors (Lipinski definition) is 5. The van der Waals surface area contributed by atoms with E-state index in [9.17, 15) is 19.8 Å². The molecule has 0 fully saturated rings. The van der Waals surface area contributed by atoms with E-state index in [0.717, 1.165) is 44.9 Å². The van der Waals surface area contributed by atoms with Gasteiger partial charge in [0.2, 0.25) is 5.91 Å². The Hall–Kier alpha value is -1.92. The Labute approximate surface area is 532 Å². The van der Waals surface area contributed by atoms with Gasteiger partial charge in [0.1, 0.15) is 0 Å². The predicted molar refractivity (Wildman–Crippen MR) is 375 cm³/mol. The lowest BCUT2D eigenvalue weighted by atomic mass is 10.0. The van der Waals surface area contributed by atoms with Gasteiger partial charge in [-0.15, -0.1) is 0 Å². The van der Waals surface area contributed by atoms with Crippen molar-refractivity contribution < 1.29 is 24.5 Å². The molecule has 0 aliphatic heterocycles. The molecule has 2 unspecified atom stereocenters. The number of aliphatic hydroxyl groups is 2. The zero-order valence-corrected chi connectivity index (χ0v) is 57.6. The van der Waals surface area contributed by atoms with Gasteiger partial charge in [0.25, 0.3) is 0 Å². The van der Waals surface area contributed by atoms with Crippen LogP contribution in [0.5, 0.6) is 0 Å². The monoisotopic (exact) mass is 1190 g/mol. The minimum atomic E-state index is -0.843. The average Bonchev–Trinajstić information content (AvgIpc) is 3.51. The summed E-state index contributed by atoms with van der Waals surface area (Å²) in [6.07, 6.45) is 96.9. The number of amides is 1. The molecule has 0 aliphatic rings. The van der Waals surface area contributed by atoms with Crippen LogP contribution >= 0.6 is 0 Å². The fourth-order valence-corrected chi connectivity index (χ4v) is 12.2. The van der Waals surface area contributed by atoms with Gasteiger partial charge in [-0.05, 0) is 83.5 Å². The molecule has 0 saturated heterocycles. The molecule has 0 aromatic carbocycles. The van der Waals surface area contributed by atoms with Crippen molar-refractivity contribution in [1.82, 2.24) is 5.32 Å². The van der Waals surface area contributed by atoms with Crippen LogP contribution in [0.2, 0.25) is 0 Å². The summed E-state index contributed by atoms with van der Waals surface area (Å²) in [6.45, 7) is 4.94. The Bertz CT molecular complexity index is 1380. The van der Waals surface area contributed by atoms with Crippen molar-refractivity contribution in [1.29, 1.82) is 0 Å². The van der Waals surface area contributed by atoms with Crippen LogP contribution in [-0.2, 0) is 14.3 Å². The second kappa shape index (κ2) is 74.5. The van der Waals surface area contributed by atoms with Crippen LogP contribution in [0.15, 0.2) is 36.5 Å². The standard InChI is InChI=1S/C79H151NO5/c1-3-5-7-9-11-13-15-17-19-20-21-37-40-44-47-51-55-59-63-67-71-77(82)76(75-81)80-78(83)72-68-64-60-56-52-48-45-41-38-35-33-31-29-27-25-23-22-24-26-28-30-32-34-36-39-42-46-50-54-58-62-66-70-74-85-79(84)73-69-65-61-57-53-49-43-18-16-14-12-10-8-6-4-2/h18,26,28,43,67,71,76-77,81-82H,3-17,19-25,27,29-42,44-66,68-70,72-75H2,1-2H3,(H,80,83)/b28-26-,43-18-,71-67+. The van der Waals surface area contributed by atoms with E-state index in [1.807, 2.05) is 6.08 Å². The Kier molecular flexibility index (Phi) is 72.9. The molecule has 0 spiro atoms. The highest BCUT2D eigenvalue weighted by atomic mass is 16.5. The zero-order chi connectivity index (χ0) is 61.3. The topological polar surface area (TPSA) is 95.9 Å². The van der Waals surface area contributed by atoms with Gasteiger partial charge in [-0.25, -0.2) is 0 Å². The van der Waals surface area contributed by atoms with Gasteiger partial charge in [0.15, 0.2) is 0 Å². The average molecular weight is 1200 g/mol. The van der Waals surface area contributed by atoms with E-state index in [1.165, 1.54) is 360 Å². The molecule has 0 heterocycles. The van der Waals surface area contributed by atoms with Crippen LogP contribution in [0.1, 0.15) is 431 Å². The number of hydrogen-bond donors (Lipinski definition) is 3. The molecule has 0 aromatic heterocycles. The molecule has 3 N–H and O–H groups in total. The van der Waals surface area contributed by atoms with Crippen LogP contribution in [0, 0.1) is 0 Å². The molecular formula is C79H151NO5. The van der Waals surface area contributed by atoms with Gasteiger partial charge in [0, 0.05) is 12.8 Å². The van der Waals surface area contributed by atoms with Crippen molar-refractivity contribution in [2.45, 2.75) is 443 Å². The number of carbonyl (C=O) groups excluding carboxylic acids is 2. The molecule has 0 aliphatic carbocycles. The summed E-state index contributed by atoms with van der Waals surface area (Å²) in [5.41, 5.74) is 0. The maximum atomic E-state index is 12.5. The van der Waals surface area contributed by atoms with E-state index in [0.29, 0.717) is 19.4 Å². The van der Waals surface area contributed by atoms with E-state index in [-0.39, 0.29) is 18.5 Å². The number of allylic oxidation sites excluding steroid dienone is 5. The molecule has 85 heavy (non-hydrogen) atoms. The quantitative estimate of drug-likeness (QED) is 0.0320. The van der Waals surface area contributed by atoms with Gasteiger partial charge in [-0.3, -0.25) is 9.59 Å². The number of aliphatic hydroxyl groups excluding tert-OH is 2. The molecule has 6 heteroatoms. The molecule has 0 bridgehead atoms. The first-order chi connectivity index (χ1) is 42.0. The van der Waals surface area contributed by atoms with E-state index in [4.69, 9.17) is 4.74 Å². The van der Waals surface area contributed by atoms with Crippen LogP contribution in [0.4, 0.5) is 0 Å². The maximum absolute atomic E-state index is 12.5. The molecule has 0 saturated carbocycles. The third-order valence-corrected chi connectivity index (χ3v) is 18.1. The Morgan fingerprint density at radius 1 is 0.318 bits per heavy atom. The molecule has 0 radical (unpaired) electrons. The number of unbranched alkanes of at least 4 members (excludes halogenated alkanes) is 58. The molecule has 2 atom stereocenters. The fraction of sp³-hybridized carbons (Fsp3) is 0.899. The van der Waals surface area contributed by atoms with Crippen LogP contribution in [-0.4, -0.2) is 47.4 Å². The highest BCUT2D eigenvalue weighted by Crippen LogP contribution is 2.19. The van der Waals surface area contributed by atoms with Crippen molar-refractivity contribution >= 4 is 11.9 Å². The summed E-state index contributed by atoms with van der Waals surface area (Å²) in [4.78, 5) is 24.6. The molecule has 0 rings (SSSR count).